The molecule has 0 aliphatic carbocycles. The lowest BCUT2D eigenvalue weighted by Crippen LogP contribution is -2.13. The molecule has 27 heavy (non-hydrogen) atoms. The fraction of sp³-hybridized carbons (Fsp3) is 0. The Morgan fingerprint density at radius 3 is 2.48 bits per heavy atom. The number of anilines is 2. The van der Waals surface area contributed by atoms with Crippen LogP contribution in [0.15, 0.2) is 65.6 Å². The molecule has 2 aromatic heterocycles. The molecule has 0 saturated carbocycles. The third-order valence-electron chi connectivity index (χ3n) is 4.01. The third kappa shape index (κ3) is 3.32. The van der Waals surface area contributed by atoms with E-state index in [2.05, 4.69) is 19.9 Å². The van der Waals surface area contributed by atoms with Gasteiger partial charge in [0, 0.05) is 11.3 Å². The van der Waals surface area contributed by atoms with Gasteiger partial charge in [0.15, 0.2) is 5.65 Å². The molecule has 0 atom stereocenters. The van der Waals surface area contributed by atoms with Crippen LogP contribution in [0.25, 0.3) is 22.3 Å². The predicted molar refractivity (Wildman–Crippen MR) is 106 cm³/mol. The highest BCUT2D eigenvalue weighted by Crippen LogP contribution is 2.26. The van der Waals surface area contributed by atoms with Gasteiger partial charge >= 0.3 is 0 Å². The predicted octanol–water partition coefficient (Wildman–Crippen LogP) is 3.66. The molecule has 7 nitrogen and oxygen atoms in total. The van der Waals surface area contributed by atoms with Crippen LogP contribution in [0.2, 0.25) is 5.02 Å². The minimum atomic E-state index is -3.77. The van der Waals surface area contributed by atoms with E-state index < -0.39 is 10.0 Å². The zero-order valence-corrected chi connectivity index (χ0v) is 15.4. The van der Waals surface area contributed by atoms with E-state index in [1.807, 2.05) is 12.1 Å². The van der Waals surface area contributed by atoms with Gasteiger partial charge in [-0.05, 0) is 36.4 Å². The van der Waals surface area contributed by atoms with Gasteiger partial charge in [0.25, 0.3) is 10.0 Å². The topological polar surface area (TPSA) is 114 Å². The molecular formula is C18H14ClN5O2S. The summed E-state index contributed by atoms with van der Waals surface area (Å²) in [6.07, 6.45) is 0. The van der Waals surface area contributed by atoms with E-state index in [0.717, 1.165) is 10.9 Å². The molecule has 0 spiro atoms. The highest BCUT2D eigenvalue weighted by molar-refractivity contribution is 7.92. The summed E-state index contributed by atoms with van der Waals surface area (Å²) < 4.78 is 27.5. The van der Waals surface area contributed by atoms with E-state index >= 15 is 0 Å². The molecule has 0 aliphatic heterocycles. The second-order valence-corrected chi connectivity index (χ2v) is 7.88. The van der Waals surface area contributed by atoms with Gasteiger partial charge in [0.1, 0.15) is 10.7 Å². The number of hydrogen-bond acceptors (Lipinski definition) is 5. The number of aromatic nitrogens is 3. The largest absolute Gasteiger partial charge is 0.384 e. The van der Waals surface area contributed by atoms with Crippen LogP contribution < -0.4 is 10.5 Å². The average molecular weight is 400 g/mol. The van der Waals surface area contributed by atoms with Gasteiger partial charge in [0.05, 0.1) is 16.1 Å². The second kappa shape index (κ2) is 6.57. The van der Waals surface area contributed by atoms with Gasteiger partial charge < -0.3 is 5.73 Å². The fourth-order valence-electron chi connectivity index (χ4n) is 2.66. The highest BCUT2D eigenvalue weighted by atomic mass is 35.5. The summed E-state index contributed by atoms with van der Waals surface area (Å²) in [4.78, 5) is 4.48. The summed E-state index contributed by atoms with van der Waals surface area (Å²) in [6, 6.07) is 16.8. The number of nitrogen functional groups attached to an aromatic ring is 1. The first-order chi connectivity index (χ1) is 12.9. The number of sulfonamides is 1. The maximum atomic E-state index is 12.5. The summed E-state index contributed by atoms with van der Waals surface area (Å²) in [6.45, 7) is 0. The number of halogens is 1. The smallest absolute Gasteiger partial charge is 0.263 e. The molecule has 4 aromatic rings. The first-order valence-corrected chi connectivity index (χ1v) is 9.78. The van der Waals surface area contributed by atoms with Crippen LogP contribution in [0.4, 0.5) is 11.5 Å². The third-order valence-corrected chi connectivity index (χ3v) is 5.89. The monoisotopic (exact) mass is 399 g/mol. The van der Waals surface area contributed by atoms with Crippen LogP contribution in [0, 0.1) is 0 Å². The number of rotatable bonds is 4. The summed E-state index contributed by atoms with van der Waals surface area (Å²) in [7, 11) is -3.77. The zero-order chi connectivity index (χ0) is 19.0. The molecule has 0 radical (unpaired) electrons. The molecular weight excluding hydrogens is 386 g/mol. The minimum absolute atomic E-state index is 0.0268. The van der Waals surface area contributed by atoms with Gasteiger partial charge in [-0.1, -0.05) is 35.9 Å². The molecule has 9 heteroatoms. The maximum absolute atomic E-state index is 12.5. The minimum Gasteiger partial charge on any atom is -0.384 e. The zero-order valence-electron chi connectivity index (χ0n) is 13.8. The number of benzene rings is 2. The Kier molecular flexibility index (Phi) is 4.21. The van der Waals surface area contributed by atoms with Crippen LogP contribution in [0.1, 0.15) is 0 Å². The molecule has 4 N–H and O–H groups in total. The Bertz CT molecular complexity index is 1240. The van der Waals surface area contributed by atoms with Crippen LogP contribution in [0.5, 0.6) is 0 Å². The summed E-state index contributed by atoms with van der Waals surface area (Å²) in [5.74, 6) is 0.466. The average Bonchev–Trinajstić information content (AvgIpc) is 3.03. The second-order valence-electron chi connectivity index (χ2n) is 5.82. The Hall–Kier alpha value is -3.10. The first kappa shape index (κ1) is 17.3. The van der Waals surface area contributed by atoms with Crippen LogP contribution in [0.3, 0.4) is 0 Å². The number of hydrogen-bond donors (Lipinski definition) is 3. The molecule has 0 bridgehead atoms. The Morgan fingerprint density at radius 1 is 1.00 bits per heavy atom. The van der Waals surface area contributed by atoms with Crippen molar-refractivity contribution < 1.29 is 8.42 Å². The number of fused-ring (bicyclic) bond motifs is 1. The van der Waals surface area contributed by atoms with Gasteiger partial charge in [-0.15, -0.1) is 0 Å². The van der Waals surface area contributed by atoms with E-state index in [1.54, 1.807) is 36.4 Å². The number of nitrogens with zero attached hydrogens (tertiary/aromatic N) is 2. The Morgan fingerprint density at radius 2 is 1.74 bits per heavy atom. The quantitative estimate of drug-likeness (QED) is 0.484. The van der Waals surface area contributed by atoms with E-state index in [4.69, 9.17) is 17.3 Å². The van der Waals surface area contributed by atoms with Crippen molar-refractivity contribution in [2.24, 2.45) is 0 Å². The summed E-state index contributed by atoms with van der Waals surface area (Å²) >= 11 is 5.98. The van der Waals surface area contributed by atoms with Crippen molar-refractivity contribution in [2.45, 2.75) is 4.90 Å². The SMILES string of the molecule is Nc1[nH]nc2nc(-c3ccc(NS(=O)(=O)c4ccccc4Cl)cc3)ccc12. The number of aromatic amines is 1. The summed E-state index contributed by atoms with van der Waals surface area (Å²) in [5.41, 5.74) is 8.23. The van der Waals surface area contributed by atoms with Crippen molar-refractivity contribution in [3.05, 3.63) is 65.7 Å². The molecule has 0 unspecified atom stereocenters. The van der Waals surface area contributed by atoms with Crippen molar-refractivity contribution in [1.82, 2.24) is 15.2 Å². The van der Waals surface area contributed by atoms with Crippen LogP contribution in [-0.2, 0) is 10.0 Å². The molecule has 136 valence electrons. The number of nitrogens with two attached hydrogens (primary N) is 1. The summed E-state index contributed by atoms with van der Waals surface area (Å²) in [5, 5.41) is 7.65. The molecule has 4 rings (SSSR count). The van der Waals surface area contributed by atoms with Gasteiger partial charge in [0.2, 0.25) is 0 Å². The molecule has 0 amide bonds. The van der Waals surface area contributed by atoms with Crippen molar-refractivity contribution in [2.75, 3.05) is 10.5 Å². The van der Waals surface area contributed by atoms with Crippen LogP contribution >= 0.6 is 11.6 Å². The molecule has 0 aliphatic rings. The van der Waals surface area contributed by atoms with E-state index in [0.29, 0.717) is 22.8 Å². The van der Waals surface area contributed by atoms with Crippen molar-refractivity contribution in [3.63, 3.8) is 0 Å². The number of pyridine rings is 1. The molecule has 0 fully saturated rings. The van der Waals surface area contributed by atoms with Gasteiger partial charge in [-0.25, -0.2) is 13.4 Å². The normalized spacial score (nSPS) is 11.6. The molecule has 0 saturated heterocycles. The standard InChI is InChI=1S/C18H14ClN5O2S/c19-14-3-1-2-4-16(14)27(25,26)24-12-7-5-11(6-8-12)15-10-9-13-17(20)22-23-18(13)21-15/h1-10,24H,(H3,20,21,22,23). The van der Waals surface area contributed by atoms with E-state index in [-0.39, 0.29) is 9.92 Å². The van der Waals surface area contributed by atoms with Crippen molar-refractivity contribution >= 4 is 44.2 Å². The maximum Gasteiger partial charge on any atom is 0.263 e. The molecule has 2 aromatic carbocycles. The highest BCUT2D eigenvalue weighted by Gasteiger charge is 2.17. The van der Waals surface area contributed by atoms with E-state index in [9.17, 15) is 8.42 Å². The first-order valence-electron chi connectivity index (χ1n) is 7.92. The Labute approximate surface area is 160 Å². The number of nitrogens with one attached hydrogen (secondary N) is 2. The lowest BCUT2D eigenvalue weighted by Gasteiger charge is -2.10. The van der Waals surface area contributed by atoms with E-state index in [1.165, 1.54) is 12.1 Å². The van der Waals surface area contributed by atoms with Crippen molar-refractivity contribution in [3.8, 4) is 11.3 Å². The lowest BCUT2D eigenvalue weighted by molar-refractivity contribution is 0.601. The Balaban J connectivity index is 1.61. The fourth-order valence-corrected chi connectivity index (χ4v) is 4.24. The lowest BCUT2D eigenvalue weighted by atomic mass is 10.1. The van der Waals surface area contributed by atoms with Gasteiger partial charge in [-0.3, -0.25) is 9.82 Å². The molecule has 2 heterocycles. The van der Waals surface area contributed by atoms with Crippen LogP contribution in [-0.4, -0.2) is 23.6 Å². The van der Waals surface area contributed by atoms with Crippen molar-refractivity contribution in [1.29, 1.82) is 0 Å². The van der Waals surface area contributed by atoms with Gasteiger partial charge in [-0.2, -0.15) is 5.10 Å². The number of H-pyrrole nitrogens is 1.